The molecule has 2 rings (SSSR count). The number of ether oxygens (including phenoxy) is 2. The molecule has 0 aliphatic carbocycles. The molecule has 1 fully saturated rings. The van der Waals surface area contributed by atoms with Gasteiger partial charge >= 0.3 is 5.97 Å². The van der Waals surface area contributed by atoms with Gasteiger partial charge in [0.25, 0.3) is 0 Å². The van der Waals surface area contributed by atoms with Crippen molar-refractivity contribution < 1.29 is 19.4 Å². The van der Waals surface area contributed by atoms with Gasteiger partial charge in [-0.3, -0.25) is 4.79 Å². The maximum atomic E-state index is 11.4. The zero-order chi connectivity index (χ0) is 12.3. The molecule has 0 bridgehead atoms. The lowest BCUT2D eigenvalue weighted by molar-refractivity contribution is -0.148. The van der Waals surface area contributed by atoms with Gasteiger partial charge in [0.05, 0.1) is 19.1 Å². The molecular formula is C12H15NO4. The minimum absolute atomic E-state index is 0.250. The van der Waals surface area contributed by atoms with Crippen LogP contribution in [0, 0.1) is 5.41 Å². The molecule has 1 aromatic heterocycles. The van der Waals surface area contributed by atoms with Gasteiger partial charge in [0, 0.05) is 18.4 Å². The molecule has 0 radical (unpaired) electrons. The van der Waals surface area contributed by atoms with E-state index in [2.05, 4.69) is 4.98 Å². The molecule has 5 nitrogen and oxygen atoms in total. The number of hydrogen-bond acceptors (Lipinski definition) is 4. The predicted molar refractivity (Wildman–Crippen MR) is 60.0 cm³/mol. The van der Waals surface area contributed by atoms with E-state index >= 15 is 0 Å². The van der Waals surface area contributed by atoms with E-state index < -0.39 is 11.4 Å². The lowest BCUT2D eigenvalue weighted by Crippen LogP contribution is -2.34. The Morgan fingerprint density at radius 3 is 3.12 bits per heavy atom. The zero-order valence-electron chi connectivity index (χ0n) is 9.68. The van der Waals surface area contributed by atoms with Crippen LogP contribution in [0.5, 0.6) is 5.88 Å². The first-order valence-corrected chi connectivity index (χ1v) is 5.47. The van der Waals surface area contributed by atoms with Crippen LogP contribution in [-0.4, -0.2) is 36.4 Å². The summed E-state index contributed by atoms with van der Waals surface area (Å²) in [5.74, 6) is -0.332. The number of nitrogens with zero attached hydrogens (tertiary/aromatic N) is 1. The molecule has 1 N–H and O–H groups in total. The number of aromatic nitrogens is 1. The summed E-state index contributed by atoms with van der Waals surface area (Å²) in [5.41, 5.74) is -0.0287. The fourth-order valence-corrected chi connectivity index (χ4v) is 2.10. The van der Waals surface area contributed by atoms with Crippen molar-refractivity contribution in [2.45, 2.75) is 12.8 Å². The number of rotatable bonds is 4. The molecular weight excluding hydrogens is 222 g/mol. The molecule has 1 aliphatic rings. The molecule has 1 aromatic rings. The van der Waals surface area contributed by atoms with Gasteiger partial charge in [-0.2, -0.15) is 0 Å². The third-order valence-electron chi connectivity index (χ3n) is 3.13. The second-order valence-corrected chi connectivity index (χ2v) is 4.24. The van der Waals surface area contributed by atoms with E-state index in [1.54, 1.807) is 12.3 Å². The Balaban J connectivity index is 2.26. The van der Waals surface area contributed by atoms with Crippen molar-refractivity contribution in [1.29, 1.82) is 0 Å². The van der Waals surface area contributed by atoms with Crippen LogP contribution in [0.1, 0.15) is 12.0 Å². The summed E-state index contributed by atoms with van der Waals surface area (Å²) in [5, 5.41) is 9.35. The summed E-state index contributed by atoms with van der Waals surface area (Å²) in [6.07, 6.45) is 2.54. The van der Waals surface area contributed by atoms with Crippen molar-refractivity contribution in [2.24, 2.45) is 5.41 Å². The van der Waals surface area contributed by atoms with Crippen molar-refractivity contribution in [3.8, 4) is 5.88 Å². The molecule has 17 heavy (non-hydrogen) atoms. The second kappa shape index (κ2) is 4.71. The molecule has 0 amide bonds. The van der Waals surface area contributed by atoms with E-state index in [9.17, 15) is 9.90 Å². The van der Waals surface area contributed by atoms with E-state index in [-0.39, 0.29) is 6.61 Å². The summed E-state index contributed by atoms with van der Waals surface area (Å²) in [6.45, 7) is 0.745. The molecule has 0 saturated carbocycles. The fourth-order valence-electron chi connectivity index (χ4n) is 2.10. The number of carboxylic acid groups (broad SMARTS) is 1. The largest absolute Gasteiger partial charge is 0.481 e. The highest BCUT2D eigenvalue weighted by atomic mass is 16.5. The molecule has 1 saturated heterocycles. The van der Waals surface area contributed by atoms with Gasteiger partial charge < -0.3 is 14.6 Å². The summed E-state index contributed by atoms with van der Waals surface area (Å²) in [6, 6.07) is 3.62. The van der Waals surface area contributed by atoms with Crippen molar-refractivity contribution in [2.75, 3.05) is 20.3 Å². The number of carboxylic acids is 1. The van der Waals surface area contributed by atoms with Crippen LogP contribution in [0.3, 0.4) is 0 Å². The van der Waals surface area contributed by atoms with Crippen LogP contribution in [0.15, 0.2) is 18.3 Å². The highest BCUT2D eigenvalue weighted by Gasteiger charge is 2.43. The molecule has 1 unspecified atom stereocenters. The van der Waals surface area contributed by atoms with E-state index in [1.807, 2.05) is 6.07 Å². The Morgan fingerprint density at radius 2 is 2.53 bits per heavy atom. The molecule has 92 valence electrons. The van der Waals surface area contributed by atoms with E-state index in [4.69, 9.17) is 9.47 Å². The standard InChI is InChI=1S/C12H15NO4/c1-16-10-9(3-2-5-13-10)7-12(11(14)15)4-6-17-8-12/h2-3,5H,4,6-8H2,1H3,(H,14,15). The SMILES string of the molecule is COc1ncccc1CC1(C(=O)O)CCOC1. The highest BCUT2D eigenvalue weighted by molar-refractivity contribution is 5.75. The van der Waals surface area contributed by atoms with Gasteiger partial charge in [0.15, 0.2) is 0 Å². The van der Waals surface area contributed by atoms with Crippen LogP contribution in [0.2, 0.25) is 0 Å². The van der Waals surface area contributed by atoms with Crippen molar-refractivity contribution >= 4 is 5.97 Å². The molecule has 0 spiro atoms. The summed E-state index contributed by atoms with van der Waals surface area (Å²) in [7, 11) is 1.53. The van der Waals surface area contributed by atoms with E-state index in [0.29, 0.717) is 25.3 Å². The van der Waals surface area contributed by atoms with Gasteiger partial charge in [-0.1, -0.05) is 6.07 Å². The van der Waals surface area contributed by atoms with E-state index in [0.717, 1.165) is 5.56 Å². The first-order valence-electron chi connectivity index (χ1n) is 5.47. The van der Waals surface area contributed by atoms with Crippen molar-refractivity contribution in [3.63, 3.8) is 0 Å². The van der Waals surface area contributed by atoms with Gasteiger partial charge in [-0.25, -0.2) is 4.98 Å². The predicted octanol–water partition coefficient (Wildman–Crippen LogP) is 1.12. The third kappa shape index (κ3) is 2.24. The van der Waals surface area contributed by atoms with Gasteiger partial charge in [0.2, 0.25) is 5.88 Å². The van der Waals surface area contributed by atoms with Crippen LogP contribution < -0.4 is 4.74 Å². The molecule has 1 atom stereocenters. The number of hydrogen-bond donors (Lipinski definition) is 1. The average Bonchev–Trinajstić information content (AvgIpc) is 2.80. The normalized spacial score (nSPS) is 23.6. The maximum Gasteiger partial charge on any atom is 0.312 e. The first kappa shape index (κ1) is 11.9. The minimum Gasteiger partial charge on any atom is -0.481 e. The molecule has 5 heteroatoms. The van der Waals surface area contributed by atoms with Gasteiger partial charge in [-0.15, -0.1) is 0 Å². The fraction of sp³-hybridized carbons (Fsp3) is 0.500. The third-order valence-corrected chi connectivity index (χ3v) is 3.13. The molecule has 2 heterocycles. The van der Waals surface area contributed by atoms with Crippen LogP contribution in [-0.2, 0) is 16.0 Å². The Hall–Kier alpha value is -1.62. The summed E-state index contributed by atoms with van der Waals surface area (Å²) >= 11 is 0. The molecule has 0 aromatic carbocycles. The zero-order valence-corrected chi connectivity index (χ0v) is 9.68. The second-order valence-electron chi connectivity index (χ2n) is 4.24. The van der Waals surface area contributed by atoms with Crippen molar-refractivity contribution in [1.82, 2.24) is 4.98 Å². The minimum atomic E-state index is -0.837. The Bertz CT molecular complexity index is 413. The number of aliphatic carboxylic acids is 1. The van der Waals surface area contributed by atoms with Crippen molar-refractivity contribution in [3.05, 3.63) is 23.9 Å². The van der Waals surface area contributed by atoms with Gasteiger partial charge in [-0.05, 0) is 18.9 Å². The summed E-state index contributed by atoms with van der Waals surface area (Å²) in [4.78, 5) is 15.5. The highest BCUT2D eigenvalue weighted by Crippen LogP contribution is 2.34. The number of methoxy groups -OCH3 is 1. The van der Waals surface area contributed by atoms with Crippen LogP contribution in [0.25, 0.3) is 0 Å². The first-order chi connectivity index (χ1) is 8.18. The van der Waals surface area contributed by atoms with Crippen LogP contribution >= 0.6 is 0 Å². The smallest absolute Gasteiger partial charge is 0.312 e. The van der Waals surface area contributed by atoms with E-state index in [1.165, 1.54) is 7.11 Å². The van der Waals surface area contributed by atoms with Crippen LogP contribution in [0.4, 0.5) is 0 Å². The lowest BCUT2D eigenvalue weighted by Gasteiger charge is -2.22. The number of pyridine rings is 1. The Kier molecular flexibility index (Phi) is 3.28. The molecule has 1 aliphatic heterocycles. The monoisotopic (exact) mass is 237 g/mol. The lowest BCUT2D eigenvalue weighted by atomic mass is 9.81. The topological polar surface area (TPSA) is 68.7 Å². The quantitative estimate of drug-likeness (QED) is 0.850. The maximum absolute atomic E-state index is 11.4. The van der Waals surface area contributed by atoms with Gasteiger partial charge in [0.1, 0.15) is 0 Å². The Labute approximate surface area is 99.4 Å². The number of carbonyl (C=O) groups is 1. The average molecular weight is 237 g/mol. The Morgan fingerprint density at radius 1 is 1.71 bits per heavy atom. The summed E-state index contributed by atoms with van der Waals surface area (Å²) < 4.78 is 10.4.